The first kappa shape index (κ1) is 17.7. The minimum Gasteiger partial charge on any atom is -0.494 e. The molecule has 2 aromatic carbocycles. The van der Waals surface area contributed by atoms with Crippen LogP contribution < -0.4 is 10.1 Å². The highest BCUT2D eigenvalue weighted by molar-refractivity contribution is 6.36. The van der Waals surface area contributed by atoms with Gasteiger partial charge in [0.2, 0.25) is 0 Å². The van der Waals surface area contributed by atoms with E-state index in [9.17, 15) is 9.59 Å². The van der Waals surface area contributed by atoms with Crippen molar-refractivity contribution in [2.24, 2.45) is 0 Å². The third kappa shape index (κ3) is 3.47. The largest absolute Gasteiger partial charge is 0.494 e. The van der Waals surface area contributed by atoms with Gasteiger partial charge in [-0.1, -0.05) is 43.3 Å². The molecular weight excluding hydrogens is 328 g/mol. The Morgan fingerprint density at radius 2 is 1.73 bits per heavy atom. The van der Waals surface area contributed by atoms with Gasteiger partial charge in [0.1, 0.15) is 11.4 Å². The van der Waals surface area contributed by atoms with Crippen molar-refractivity contribution in [3.05, 3.63) is 65.9 Å². The molecule has 0 saturated carbocycles. The molecule has 1 N–H and O–H groups in total. The first-order valence-electron chi connectivity index (χ1n) is 8.81. The maximum atomic E-state index is 12.7. The van der Waals surface area contributed by atoms with E-state index in [1.54, 1.807) is 6.92 Å². The fraction of sp³-hybridized carbons (Fsp3) is 0.238. The van der Waals surface area contributed by atoms with Crippen molar-refractivity contribution in [2.45, 2.75) is 20.3 Å². The van der Waals surface area contributed by atoms with Gasteiger partial charge in [-0.05, 0) is 31.0 Å². The van der Waals surface area contributed by atoms with Crippen LogP contribution in [0.25, 0.3) is 5.57 Å². The summed E-state index contributed by atoms with van der Waals surface area (Å²) in [5, 5.41) is 3.14. The van der Waals surface area contributed by atoms with Crippen LogP contribution in [0.5, 0.6) is 5.75 Å². The van der Waals surface area contributed by atoms with Crippen molar-refractivity contribution in [1.82, 2.24) is 4.90 Å². The number of hydrogen-bond acceptors (Lipinski definition) is 4. The number of imide groups is 1. The summed E-state index contributed by atoms with van der Waals surface area (Å²) in [5.74, 6) is 0.142. The van der Waals surface area contributed by atoms with Gasteiger partial charge < -0.3 is 10.1 Å². The topological polar surface area (TPSA) is 58.6 Å². The molecule has 0 saturated heterocycles. The Morgan fingerprint density at radius 1 is 0.962 bits per heavy atom. The molecule has 5 heteroatoms. The molecule has 2 amide bonds. The fourth-order valence-corrected chi connectivity index (χ4v) is 2.88. The Labute approximate surface area is 153 Å². The Kier molecular flexibility index (Phi) is 5.37. The van der Waals surface area contributed by atoms with E-state index >= 15 is 0 Å². The van der Waals surface area contributed by atoms with E-state index in [0.29, 0.717) is 30.1 Å². The number of carbonyl (C=O) groups excluding carboxylic acids is 2. The molecule has 0 atom stereocenters. The maximum absolute atomic E-state index is 12.7. The Morgan fingerprint density at radius 3 is 2.42 bits per heavy atom. The first-order chi connectivity index (χ1) is 12.7. The molecular formula is C21H22N2O3. The molecule has 2 aromatic rings. The highest BCUT2D eigenvalue weighted by Gasteiger charge is 2.38. The van der Waals surface area contributed by atoms with E-state index in [4.69, 9.17) is 4.74 Å². The minimum absolute atomic E-state index is 0.274. The van der Waals surface area contributed by atoms with Crippen LogP contribution in [-0.2, 0) is 9.59 Å². The molecule has 0 aliphatic carbocycles. The number of hydrogen-bond donors (Lipinski definition) is 1. The van der Waals surface area contributed by atoms with E-state index in [2.05, 4.69) is 5.32 Å². The van der Waals surface area contributed by atoms with Crippen LogP contribution >= 0.6 is 0 Å². The summed E-state index contributed by atoms with van der Waals surface area (Å²) in [7, 11) is 0. The molecule has 134 valence electrons. The van der Waals surface area contributed by atoms with Crippen molar-refractivity contribution in [2.75, 3.05) is 18.5 Å². The summed E-state index contributed by atoms with van der Waals surface area (Å²) in [6.45, 7) is 4.79. The second kappa shape index (κ2) is 7.87. The van der Waals surface area contributed by atoms with Crippen LogP contribution in [0.3, 0.4) is 0 Å². The van der Waals surface area contributed by atoms with E-state index in [-0.39, 0.29) is 11.8 Å². The molecule has 3 rings (SSSR count). The SMILES string of the molecule is CCCOc1cccc(NC2=C(c3ccccc3)C(=O)N(CC)C2=O)c1. The van der Waals surface area contributed by atoms with Crippen molar-refractivity contribution in [3.63, 3.8) is 0 Å². The number of ether oxygens (including phenoxy) is 1. The molecule has 0 unspecified atom stereocenters. The summed E-state index contributed by atoms with van der Waals surface area (Å²) in [4.78, 5) is 26.7. The standard InChI is InChI=1S/C21H22N2O3/c1-3-13-26-17-12-8-11-16(14-17)22-19-18(15-9-6-5-7-10-15)20(24)23(4-2)21(19)25/h5-12,14,22H,3-4,13H2,1-2H3. The molecule has 1 aliphatic rings. The van der Waals surface area contributed by atoms with Gasteiger partial charge in [0.05, 0.1) is 12.2 Å². The average Bonchev–Trinajstić information content (AvgIpc) is 2.90. The second-order valence-electron chi connectivity index (χ2n) is 5.97. The van der Waals surface area contributed by atoms with Crippen LogP contribution in [0.1, 0.15) is 25.8 Å². The first-order valence-corrected chi connectivity index (χ1v) is 8.81. The summed E-state index contributed by atoms with van der Waals surface area (Å²) in [6, 6.07) is 16.7. The van der Waals surface area contributed by atoms with Gasteiger partial charge >= 0.3 is 0 Å². The molecule has 1 heterocycles. The summed E-state index contributed by atoms with van der Waals surface area (Å²) in [6.07, 6.45) is 0.916. The van der Waals surface area contributed by atoms with E-state index in [1.807, 2.05) is 61.5 Å². The smallest absolute Gasteiger partial charge is 0.278 e. The lowest BCUT2D eigenvalue weighted by Gasteiger charge is -2.12. The highest BCUT2D eigenvalue weighted by atomic mass is 16.5. The van der Waals surface area contributed by atoms with Crippen LogP contribution in [0, 0.1) is 0 Å². The Balaban J connectivity index is 1.98. The third-order valence-electron chi connectivity index (χ3n) is 4.12. The molecule has 26 heavy (non-hydrogen) atoms. The van der Waals surface area contributed by atoms with Gasteiger partial charge in [-0.3, -0.25) is 14.5 Å². The van der Waals surface area contributed by atoms with Gasteiger partial charge in [0, 0.05) is 18.3 Å². The third-order valence-corrected chi connectivity index (χ3v) is 4.12. The molecule has 0 aromatic heterocycles. The molecule has 1 aliphatic heterocycles. The summed E-state index contributed by atoms with van der Waals surface area (Å²) < 4.78 is 5.64. The van der Waals surface area contributed by atoms with Crippen molar-refractivity contribution >= 4 is 23.1 Å². The summed E-state index contributed by atoms with van der Waals surface area (Å²) in [5.41, 5.74) is 2.14. The minimum atomic E-state index is -0.309. The van der Waals surface area contributed by atoms with Gasteiger partial charge in [0.15, 0.2) is 0 Å². The lowest BCUT2D eigenvalue weighted by molar-refractivity contribution is -0.136. The van der Waals surface area contributed by atoms with Crippen LogP contribution in [0.15, 0.2) is 60.3 Å². The van der Waals surface area contributed by atoms with Gasteiger partial charge in [-0.15, -0.1) is 0 Å². The highest BCUT2D eigenvalue weighted by Crippen LogP contribution is 2.30. The lowest BCUT2D eigenvalue weighted by Crippen LogP contribution is -2.32. The number of carbonyl (C=O) groups is 2. The number of benzene rings is 2. The number of nitrogens with one attached hydrogen (secondary N) is 1. The van der Waals surface area contributed by atoms with Gasteiger partial charge in [-0.25, -0.2) is 0 Å². The molecule has 0 radical (unpaired) electrons. The van der Waals surface area contributed by atoms with E-state index < -0.39 is 0 Å². The quantitative estimate of drug-likeness (QED) is 0.774. The molecule has 0 bridgehead atoms. The Hall–Kier alpha value is -3.08. The lowest BCUT2D eigenvalue weighted by atomic mass is 10.0. The maximum Gasteiger partial charge on any atom is 0.278 e. The predicted octanol–water partition coefficient (Wildman–Crippen LogP) is 3.69. The number of likely N-dealkylation sites (N-methyl/N-ethyl adjacent to an activating group) is 1. The fourth-order valence-electron chi connectivity index (χ4n) is 2.88. The van der Waals surface area contributed by atoms with Crippen LogP contribution in [0.2, 0.25) is 0 Å². The summed E-state index contributed by atoms with van der Waals surface area (Å²) >= 11 is 0. The Bertz CT molecular complexity index is 843. The van der Waals surface area contributed by atoms with Gasteiger partial charge in [-0.2, -0.15) is 0 Å². The molecule has 5 nitrogen and oxygen atoms in total. The van der Waals surface area contributed by atoms with Crippen molar-refractivity contribution in [1.29, 1.82) is 0 Å². The number of nitrogens with zero attached hydrogens (tertiary/aromatic N) is 1. The zero-order valence-electron chi connectivity index (χ0n) is 15.0. The molecule has 0 fully saturated rings. The normalized spacial score (nSPS) is 14.2. The van der Waals surface area contributed by atoms with Gasteiger partial charge in [0.25, 0.3) is 11.8 Å². The second-order valence-corrected chi connectivity index (χ2v) is 5.97. The van der Waals surface area contributed by atoms with E-state index in [0.717, 1.165) is 17.7 Å². The average molecular weight is 350 g/mol. The number of rotatable bonds is 7. The predicted molar refractivity (Wildman–Crippen MR) is 102 cm³/mol. The van der Waals surface area contributed by atoms with Crippen molar-refractivity contribution < 1.29 is 14.3 Å². The number of anilines is 1. The zero-order valence-corrected chi connectivity index (χ0v) is 15.0. The monoisotopic (exact) mass is 350 g/mol. The molecule has 0 spiro atoms. The van der Waals surface area contributed by atoms with Crippen LogP contribution in [0.4, 0.5) is 5.69 Å². The van der Waals surface area contributed by atoms with Crippen molar-refractivity contribution in [3.8, 4) is 5.75 Å². The zero-order chi connectivity index (χ0) is 18.5. The van der Waals surface area contributed by atoms with E-state index in [1.165, 1.54) is 4.90 Å². The van der Waals surface area contributed by atoms with Crippen LogP contribution in [-0.4, -0.2) is 29.9 Å². The number of amides is 2.